The first-order valence-corrected chi connectivity index (χ1v) is 5.96. The molecule has 2 aromatic heterocycles. The summed E-state index contributed by atoms with van der Waals surface area (Å²) in [4.78, 5) is 16.3. The summed E-state index contributed by atoms with van der Waals surface area (Å²) >= 11 is 0. The molecule has 2 heterocycles. The van der Waals surface area contributed by atoms with E-state index in [4.69, 9.17) is 0 Å². The standard InChI is InChI=1S/C13H17N3O/c1-3-4-8-14-13(17)12-11-7-5-6-9-16(11)10(2)15-12/h5-7,9H,3-4,8H2,1-2H3,(H,14,17). The first-order chi connectivity index (χ1) is 8.24. The molecule has 0 fully saturated rings. The number of pyridine rings is 1. The van der Waals surface area contributed by atoms with Crippen LogP contribution in [0.5, 0.6) is 0 Å². The smallest absolute Gasteiger partial charge is 0.272 e. The maximum absolute atomic E-state index is 12.0. The Balaban J connectivity index is 2.26. The van der Waals surface area contributed by atoms with E-state index in [1.165, 1.54) is 0 Å². The number of nitrogens with zero attached hydrogens (tertiary/aromatic N) is 2. The summed E-state index contributed by atoms with van der Waals surface area (Å²) in [5.41, 5.74) is 1.37. The van der Waals surface area contributed by atoms with Crippen LogP contribution in [0.25, 0.3) is 5.52 Å². The zero-order valence-electron chi connectivity index (χ0n) is 10.2. The summed E-state index contributed by atoms with van der Waals surface area (Å²) in [7, 11) is 0. The molecule has 0 aliphatic heterocycles. The predicted octanol–water partition coefficient (Wildman–Crippen LogP) is 2.17. The SMILES string of the molecule is CCCCNC(=O)c1nc(C)n2ccccc12. The molecule has 2 rings (SSSR count). The molecule has 0 unspecified atom stereocenters. The van der Waals surface area contributed by atoms with Gasteiger partial charge in [-0.2, -0.15) is 0 Å². The molecule has 1 amide bonds. The number of fused-ring (bicyclic) bond motifs is 1. The number of unbranched alkanes of at least 4 members (excludes halogenated alkanes) is 1. The number of aromatic nitrogens is 2. The van der Waals surface area contributed by atoms with E-state index in [1.807, 2.05) is 35.7 Å². The largest absolute Gasteiger partial charge is 0.351 e. The van der Waals surface area contributed by atoms with Crippen LogP contribution >= 0.6 is 0 Å². The van der Waals surface area contributed by atoms with Crippen molar-refractivity contribution >= 4 is 11.4 Å². The Bertz CT molecular complexity index is 530. The van der Waals surface area contributed by atoms with E-state index in [2.05, 4.69) is 17.2 Å². The third-order valence-corrected chi connectivity index (χ3v) is 2.76. The third-order valence-electron chi connectivity index (χ3n) is 2.76. The van der Waals surface area contributed by atoms with Crippen LogP contribution in [0.15, 0.2) is 24.4 Å². The van der Waals surface area contributed by atoms with Crippen LogP contribution in [-0.2, 0) is 0 Å². The fourth-order valence-electron chi connectivity index (χ4n) is 1.82. The van der Waals surface area contributed by atoms with E-state index in [0.717, 1.165) is 24.2 Å². The van der Waals surface area contributed by atoms with Gasteiger partial charge in [0.05, 0.1) is 5.52 Å². The fraction of sp³-hybridized carbons (Fsp3) is 0.385. The van der Waals surface area contributed by atoms with E-state index in [9.17, 15) is 4.79 Å². The third kappa shape index (κ3) is 2.30. The zero-order valence-corrected chi connectivity index (χ0v) is 10.2. The molecular weight excluding hydrogens is 214 g/mol. The lowest BCUT2D eigenvalue weighted by Crippen LogP contribution is -2.24. The van der Waals surface area contributed by atoms with Crippen molar-refractivity contribution in [3.8, 4) is 0 Å². The molecule has 0 saturated carbocycles. The van der Waals surface area contributed by atoms with Gasteiger partial charge in [0.2, 0.25) is 0 Å². The van der Waals surface area contributed by atoms with Gasteiger partial charge < -0.3 is 9.72 Å². The molecule has 0 bridgehead atoms. The lowest BCUT2D eigenvalue weighted by Gasteiger charge is -2.01. The summed E-state index contributed by atoms with van der Waals surface area (Å²) in [5.74, 6) is 0.747. The molecule has 0 aromatic carbocycles. The maximum atomic E-state index is 12.0. The fourth-order valence-corrected chi connectivity index (χ4v) is 1.82. The van der Waals surface area contributed by atoms with Crippen LogP contribution in [0.4, 0.5) is 0 Å². The van der Waals surface area contributed by atoms with Crippen molar-refractivity contribution in [2.75, 3.05) is 6.54 Å². The number of imidazole rings is 1. The van der Waals surface area contributed by atoms with Gasteiger partial charge in [0.15, 0.2) is 5.69 Å². The van der Waals surface area contributed by atoms with Crippen molar-refractivity contribution in [1.82, 2.24) is 14.7 Å². The highest BCUT2D eigenvalue weighted by molar-refractivity contribution is 5.99. The highest BCUT2D eigenvalue weighted by atomic mass is 16.1. The van der Waals surface area contributed by atoms with Gasteiger partial charge in [-0.15, -0.1) is 0 Å². The number of carbonyl (C=O) groups is 1. The molecule has 0 aliphatic rings. The first-order valence-electron chi connectivity index (χ1n) is 5.96. The van der Waals surface area contributed by atoms with Gasteiger partial charge in [-0.1, -0.05) is 19.4 Å². The Hall–Kier alpha value is -1.84. The molecule has 0 saturated heterocycles. The Morgan fingerprint density at radius 2 is 2.29 bits per heavy atom. The van der Waals surface area contributed by atoms with E-state index in [1.54, 1.807) is 0 Å². The summed E-state index contributed by atoms with van der Waals surface area (Å²) in [5, 5.41) is 2.89. The van der Waals surface area contributed by atoms with E-state index in [-0.39, 0.29) is 5.91 Å². The van der Waals surface area contributed by atoms with Gasteiger partial charge in [-0.3, -0.25) is 4.79 Å². The van der Waals surface area contributed by atoms with Crippen molar-refractivity contribution in [3.63, 3.8) is 0 Å². The topological polar surface area (TPSA) is 46.4 Å². The average molecular weight is 231 g/mol. The van der Waals surface area contributed by atoms with E-state index < -0.39 is 0 Å². The first kappa shape index (κ1) is 11.6. The maximum Gasteiger partial charge on any atom is 0.272 e. The van der Waals surface area contributed by atoms with Crippen LogP contribution in [0.1, 0.15) is 36.1 Å². The van der Waals surface area contributed by atoms with Crippen molar-refractivity contribution in [1.29, 1.82) is 0 Å². The highest BCUT2D eigenvalue weighted by Crippen LogP contribution is 2.12. The monoisotopic (exact) mass is 231 g/mol. The van der Waals surface area contributed by atoms with Gasteiger partial charge in [-0.05, 0) is 25.5 Å². The van der Waals surface area contributed by atoms with Crippen molar-refractivity contribution < 1.29 is 4.79 Å². The minimum atomic E-state index is -0.0877. The van der Waals surface area contributed by atoms with Crippen LogP contribution in [0, 0.1) is 6.92 Å². The molecule has 90 valence electrons. The number of hydrogen-bond donors (Lipinski definition) is 1. The quantitative estimate of drug-likeness (QED) is 0.820. The Kier molecular flexibility index (Phi) is 3.42. The van der Waals surface area contributed by atoms with E-state index >= 15 is 0 Å². The molecule has 0 aliphatic carbocycles. The predicted molar refractivity (Wildman–Crippen MR) is 67.2 cm³/mol. The molecular formula is C13H17N3O. The molecule has 1 N–H and O–H groups in total. The number of aryl methyl sites for hydroxylation is 1. The Morgan fingerprint density at radius 1 is 1.47 bits per heavy atom. The second-order valence-electron chi connectivity index (χ2n) is 4.07. The normalized spacial score (nSPS) is 10.7. The lowest BCUT2D eigenvalue weighted by molar-refractivity contribution is 0.0950. The molecule has 4 heteroatoms. The van der Waals surface area contributed by atoms with Crippen LogP contribution in [0.3, 0.4) is 0 Å². The number of nitrogens with one attached hydrogen (secondary N) is 1. The van der Waals surface area contributed by atoms with Crippen LogP contribution in [-0.4, -0.2) is 21.8 Å². The van der Waals surface area contributed by atoms with Crippen molar-refractivity contribution in [3.05, 3.63) is 35.9 Å². The van der Waals surface area contributed by atoms with Gasteiger partial charge in [0.1, 0.15) is 5.82 Å². The number of amides is 1. The summed E-state index contributed by atoms with van der Waals surface area (Å²) in [6.07, 6.45) is 3.99. The van der Waals surface area contributed by atoms with Crippen LogP contribution < -0.4 is 5.32 Å². The Labute approximate surface area is 101 Å². The molecule has 0 atom stereocenters. The molecule has 0 spiro atoms. The summed E-state index contributed by atoms with van der Waals surface area (Å²) < 4.78 is 1.93. The van der Waals surface area contributed by atoms with Gasteiger partial charge in [0, 0.05) is 12.7 Å². The second kappa shape index (κ2) is 4.99. The number of carbonyl (C=O) groups excluding carboxylic acids is 1. The van der Waals surface area contributed by atoms with Crippen molar-refractivity contribution in [2.45, 2.75) is 26.7 Å². The van der Waals surface area contributed by atoms with Crippen molar-refractivity contribution in [2.24, 2.45) is 0 Å². The number of rotatable bonds is 4. The summed E-state index contributed by atoms with van der Waals surface area (Å²) in [6.45, 7) is 4.71. The van der Waals surface area contributed by atoms with Gasteiger partial charge in [-0.25, -0.2) is 4.98 Å². The Morgan fingerprint density at radius 3 is 3.06 bits per heavy atom. The molecule has 0 radical (unpaired) electrons. The van der Waals surface area contributed by atoms with Crippen LogP contribution in [0.2, 0.25) is 0 Å². The average Bonchev–Trinajstić information content (AvgIpc) is 2.68. The van der Waals surface area contributed by atoms with Gasteiger partial charge >= 0.3 is 0 Å². The second-order valence-corrected chi connectivity index (χ2v) is 4.07. The van der Waals surface area contributed by atoms with E-state index in [0.29, 0.717) is 12.2 Å². The molecule has 4 nitrogen and oxygen atoms in total. The highest BCUT2D eigenvalue weighted by Gasteiger charge is 2.14. The molecule has 2 aromatic rings. The minimum absolute atomic E-state index is 0.0877. The summed E-state index contributed by atoms with van der Waals surface area (Å²) in [6, 6.07) is 5.76. The zero-order chi connectivity index (χ0) is 12.3. The minimum Gasteiger partial charge on any atom is -0.351 e. The number of hydrogen-bond acceptors (Lipinski definition) is 2. The lowest BCUT2D eigenvalue weighted by atomic mass is 10.3. The molecule has 17 heavy (non-hydrogen) atoms. The van der Waals surface area contributed by atoms with Gasteiger partial charge in [0.25, 0.3) is 5.91 Å².